The molecule has 0 fully saturated rings. The van der Waals surface area contributed by atoms with Gasteiger partial charge in [-0.15, -0.1) is 0 Å². The molecule has 27 heavy (non-hydrogen) atoms. The van der Waals surface area contributed by atoms with Gasteiger partial charge in [0.15, 0.2) is 17.5 Å². The summed E-state index contributed by atoms with van der Waals surface area (Å²) in [5, 5.41) is 0. The molecule has 0 unspecified atom stereocenters. The van der Waals surface area contributed by atoms with Gasteiger partial charge < -0.3 is 0 Å². The fourth-order valence-corrected chi connectivity index (χ4v) is 2.39. The summed E-state index contributed by atoms with van der Waals surface area (Å²) in [6.45, 7) is 0. The lowest BCUT2D eigenvalue weighted by molar-refractivity contribution is 0.584. The van der Waals surface area contributed by atoms with E-state index in [1.54, 1.807) is 0 Å². The Morgan fingerprint density at radius 1 is 0.481 bits per heavy atom. The van der Waals surface area contributed by atoms with E-state index in [4.69, 9.17) is 0 Å². The van der Waals surface area contributed by atoms with Crippen molar-refractivity contribution < 1.29 is 13.2 Å². The molecule has 0 aromatic carbocycles. The van der Waals surface area contributed by atoms with Crippen LogP contribution in [0.5, 0.6) is 0 Å². The monoisotopic (exact) mass is 366 g/mol. The van der Waals surface area contributed by atoms with Gasteiger partial charge in [0.1, 0.15) is 0 Å². The highest BCUT2D eigenvalue weighted by Gasteiger charge is 2.14. The lowest BCUT2D eigenvalue weighted by atomic mass is 10.2. The molecule has 0 atom stereocenters. The van der Waals surface area contributed by atoms with Crippen molar-refractivity contribution in [2.75, 3.05) is 0 Å². The predicted octanol–water partition coefficient (Wildman–Crippen LogP) is 3.47. The average molecular weight is 366 g/mol. The molecule has 4 heterocycles. The van der Waals surface area contributed by atoms with Gasteiger partial charge in [-0.2, -0.15) is 13.2 Å². The second kappa shape index (κ2) is 6.87. The van der Waals surface area contributed by atoms with Gasteiger partial charge in [0.05, 0.1) is 0 Å². The highest BCUT2D eigenvalue weighted by atomic mass is 19.1. The highest BCUT2D eigenvalue weighted by molar-refractivity contribution is 5.65. The maximum atomic E-state index is 13.5. The summed E-state index contributed by atoms with van der Waals surface area (Å²) in [4.78, 5) is 23.3. The van der Waals surface area contributed by atoms with Crippen molar-refractivity contribution in [2.24, 2.45) is 0 Å². The minimum absolute atomic E-state index is 0.130. The van der Waals surface area contributed by atoms with Crippen molar-refractivity contribution in [1.29, 1.82) is 0 Å². The Morgan fingerprint density at radius 3 is 1.04 bits per heavy atom. The third-order valence-electron chi connectivity index (χ3n) is 3.59. The maximum absolute atomic E-state index is 13.5. The Labute approximate surface area is 150 Å². The molecule has 0 aliphatic carbocycles. The first-order valence-corrected chi connectivity index (χ1v) is 7.70. The van der Waals surface area contributed by atoms with Crippen LogP contribution >= 0.6 is 0 Å². The Bertz CT molecular complexity index is 981. The molecular weight excluding hydrogens is 357 g/mol. The van der Waals surface area contributed by atoms with Crippen LogP contribution in [-0.2, 0) is 0 Å². The number of halogens is 3. The topological polar surface area (TPSA) is 77.3 Å². The van der Waals surface area contributed by atoms with Crippen molar-refractivity contribution in [3.8, 4) is 34.2 Å². The third kappa shape index (κ3) is 3.61. The van der Waals surface area contributed by atoms with Crippen molar-refractivity contribution in [3.63, 3.8) is 0 Å². The lowest BCUT2D eigenvalue weighted by Crippen LogP contribution is -2.01. The zero-order chi connectivity index (χ0) is 18.8. The molecule has 0 amide bonds. The fourth-order valence-electron chi connectivity index (χ4n) is 2.39. The van der Waals surface area contributed by atoms with Crippen LogP contribution in [0, 0.1) is 17.8 Å². The van der Waals surface area contributed by atoms with E-state index in [0.717, 1.165) is 18.2 Å². The van der Waals surface area contributed by atoms with Crippen LogP contribution in [0.15, 0.2) is 55.0 Å². The van der Waals surface area contributed by atoms with E-state index in [1.807, 2.05) is 0 Å². The molecule has 6 nitrogen and oxygen atoms in total. The first-order valence-electron chi connectivity index (χ1n) is 7.70. The summed E-state index contributed by atoms with van der Waals surface area (Å²) < 4.78 is 40.5. The third-order valence-corrected chi connectivity index (χ3v) is 3.59. The van der Waals surface area contributed by atoms with Gasteiger partial charge in [-0.3, -0.25) is 0 Å². The number of aromatic nitrogens is 6. The number of rotatable bonds is 3. The molecule has 0 aliphatic heterocycles. The van der Waals surface area contributed by atoms with Crippen molar-refractivity contribution in [3.05, 3.63) is 72.8 Å². The van der Waals surface area contributed by atoms with E-state index < -0.39 is 17.8 Å². The summed E-state index contributed by atoms with van der Waals surface area (Å²) in [6.07, 6.45) is 3.81. The van der Waals surface area contributed by atoms with Crippen molar-refractivity contribution in [1.82, 2.24) is 29.9 Å². The number of nitrogens with zero attached hydrogens (tertiary/aromatic N) is 6. The number of hydrogen-bond donors (Lipinski definition) is 0. The van der Waals surface area contributed by atoms with Gasteiger partial charge in [-0.25, -0.2) is 29.9 Å². The van der Waals surface area contributed by atoms with Crippen LogP contribution < -0.4 is 0 Å². The Kier molecular flexibility index (Phi) is 4.25. The van der Waals surface area contributed by atoms with E-state index in [2.05, 4.69) is 29.9 Å². The smallest absolute Gasteiger partial charge is 0.213 e. The highest BCUT2D eigenvalue weighted by Crippen LogP contribution is 2.24. The van der Waals surface area contributed by atoms with E-state index in [1.165, 1.54) is 36.8 Å². The molecule has 0 bridgehead atoms. The lowest BCUT2D eigenvalue weighted by Gasteiger charge is -2.08. The van der Waals surface area contributed by atoms with Crippen molar-refractivity contribution >= 4 is 0 Å². The van der Waals surface area contributed by atoms with E-state index >= 15 is 0 Å². The molecule has 4 aromatic heterocycles. The molecule has 0 radical (unpaired) electrons. The van der Waals surface area contributed by atoms with Crippen LogP contribution in [0.3, 0.4) is 0 Å². The molecule has 0 spiro atoms. The summed E-state index contributed by atoms with van der Waals surface area (Å²) in [5.74, 6) is -1.73. The van der Waals surface area contributed by atoms with Gasteiger partial charge in [-0.1, -0.05) is 0 Å². The molecule has 4 rings (SSSR count). The molecule has 4 aromatic rings. The first kappa shape index (κ1) is 16.7. The SMILES string of the molecule is Fc1cc(-c2nc(-c3ccnc(F)c3)nc(-c3ccnc(F)c3)n2)ccn1. The van der Waals surface area contributed by atoms with Crippen LogP contribution in [0.4, 0.5) is 13.2 Å². The predicted molar refractivity (Wildman–Crippen MR) is 89.4 cm³/mol. The van der Waals surface area contributed by atoms with E-state index in [-0.39, 0.29) is 17.5 Å². The Hall–Kier alpha value is -3.75. The summed E-state index contributed by atoms with van der Waals surface area (Å²) >= 11 is 0. The molecular formula is C18H9F3N6. The second-order valence-electron chi connectivity index (χ2n) is 5.41. The van der Waals surface area contributed by atoms with Crippen LogP contribution in [-0.4, -0.2) is 29.9 Å². The van der Waals surface area contributed by atoms with Crippen LogP contribution in [0.25, 0.3) is 34.2 Å². The number of pyridine rings is 3. The normalized spacial score (nSPS) is 10.8. The molecule has 0 saturated heterocycles. The van der Waals surface area contributed by atoms with Gasteiger partial charge in [0.25, 0.3) is 0 Å². The van der Waals surface area contributed by atoms with Gasteiger partial charge in [0.2, 0.25) is 17.8 Å². The first-order chi connectivity index (χ1) is 13.1. The van der Waals surface area contributed by atoms with Crippen LogP contribution in [0.1, 0.15) is 0 Å². The van der Waals surface area contributed by atoms with Gasteiger partial charge in [-0.05, 0) is 18.2 Å². The van der Waals surface area contributed by atoms with E-state index in [0.29, 0.717) is 16.7 Å². The maximum Gasteiger partial charge on any atom is 0.213 e. The molecule has 132 valence electrons. The Balaban J connectivity index is 1.94. The minimum Gasteiger partial charge on any atom is -0.228 e. The fraction of sp³-hybridized carbons (Fsp3) is 0. The number of hydrogen-bond acceptors (Lipinski definition) is 6. The molecule has 0 N–H and O–H groups in total. The second-order valence-corrected chi connectivity index (χ2v) is 5.41. The van der Waals surface area contributed by atoms with E-state index in [9.17, 15) is 13.2 Å². The summed E-state index contributed by atoms with van der Waals surface area (Å²) in [7, 11) is 0. The standard InChI is InChI=1S/C18H9F3N6/c19-13-7-10(1-4-22-13)16-25-17(11-2-5-23-14(20)8-11)27-18(26-16)12-3-6-24-15(21)9-12/h1-9H. The Morgan fingerprint density at radius 2 is 0.778 bits per heavy atom. The van der Waals surface area contributed by atoms with Gasteiger partial charge >= 0.3 is 0 Å². The van der Waals surface area contributed by atoms with Gasteiger partial charge in [0, 0.05) is 53.5 Å². The largest absolute Gasteiger partial charge is 0.228 e. The quantitative estimate of drug-likeness (QED) is 0.517. The zero-order valence-electron chi connectivity index (χ0n) is 13.5. The molecule has 0 saturated carbocycles. The van der Waals surface area contributed by atoms with Crippen molar-refractivity contribution in [2.45, 2.75) is 0 Å². The summed E-state index contributed by atoms with van der Waals surface area (Å²) in [6, 6.07) is 8.03. The van der Waals surface area contributed by atoms with Crippen LogP contribution in [0.2, 0.25) is 0 Å². The molecule has 9 heteroatoms. The zero-order valence-corrected chi connectivity index (χ0v) is 13.5. The minimum atomic E-state index is -0.707. The average Bonchev–Trinajstić information content (AvgIpc) is 2.68. The molecule has 0 aliphatic rings. The summed E-state index contributed by atoms with van der Waals surface area (Å²) in [5.41, 5.74) is 1.03.